The highest BCUT2D eigenvalue weighted by atomic mass is 32.1. The van der Waals surface area contributed by atoms with Crippen molar-refractivity contribution in [3.05, 3.63) is 16.0 Å². The molecule has 1 N–H and O–H groups in total. The molecule has 4 rings (SSSR count). The number of rotatable bonds is 5. The van der Waals surface area contributed by atoms with E-state index < -0.39 is 0 Å². The maximum absolute atomic E-state index is 12.7. The molecule has 3 aliphatic rings. The summed E-state index contributed by atoms with van der Waals surface area (Å²) in [6.07, 6.45) is 4.27. The number of amides is 2. The first kappa shape index (κ1) is 22.3. The van der Waals surface area contributed by atoms with Gasteiger partial charge in [0, 0.05) is 44.1 Å². The van der Waals surface area contributed by atoms with Crippen molar-refractivity contribution in [1.82, 2.24) is 14.7 Å². The first-order valence-corrected chi connectivity index (χ1v) is 12.3. The van der Waals surface area contributed by atoms with Crippen molar-refractivity contribution in [2.75, 3.05) is 57.7 Å². The van der Waals surface area contributed by atoms with Crippen LogP contribution in [0, 0.1) is 23.2 Å². The van der Waals surface area contributed by atoms with Crippen LogP contribution in [0.15, 0.2) is 0 Å². The molecule has 0 unspecified atom stereocenters. The SMILES string of the molecule is C[C@@H]1C[C@H](C)CN(C(=O)CN2CCN(CC(=O)Nc3sc4c(c3C#N)CCC4)CC2)C1. The van der Waals surface area contributed by atoms with E-state index in [1.165, 1.54) is 11.3 Å². The van der Waals surface area contributed by atoms with E-state index in [0.717, 1.165) is 64.1 Å². The summed E-state index contributed by atoms with van der Waals surface area (Å²) >= 11 is 1.56. The number of anilines is 1. The highest BCUT2D eigenvalue weighted by Crippen LogP contribution is 2.38. The molecular formula is C23H33N5O2S. The van der Waals surface area contributed by atoms with Crippen LogP contribution in [0.4, 0.5) is 5.00 Å². The molecule has 2 aliphatic heterocycles. The Kier molecular flexibility index (Phi) is 6.95. The van der Waals surface area contributed by atoms with Crippen molar-refractivity contribution in [1.29, 1.82) is 5.26 Å². The molecule has 2 saturated heterocycles. The zero-order chi connectivity index (χ0) is 22.0. The summed E-state index contributed by atoms with van der Waals surface area (Å²) < 4.78 is 0. The molecule has 1 aromatic rings. The lowest BCUT2D eigenvalue weighted by Gasteiger charge is -2.38. The number of hydrogen-bond donors (Lipinski definition) is 1. The molecule has 3 heterocycles. The summed E-state index contributed by atoms with van der Waals surface area (Å²) in [5.41, 5.74) is 1.80. The predicted octanol–water partition coefficient (Wildman–Crippen LogP) is 2.17. The Labute approximate surface area is 189 Å². The molecule has 0 radical (unpaired) electrons. The molecule has 0 aromatic carbocycles. The lowest BCUT2D eigenvalue weighted by Crippen LogP contribution is -2.52. The third-order valence-corrected chi connectivity index (χ3v) is 7.91. The molecule has 2 fully saturated rings. The Morgan fingerprint density at radius 3 is 2.35 bits per heavy atom. The maximum Gasteiger partial charge on any atom is 0.239 e. The molecule has 1 aromatic heterocycles. The first-order valence-electron chi connectivity index (χ1n) is 11.5. The van der Waals surface area contributed by atoms with Gasteiger partial charge in [-0.15, -0.1) is 11.3 Å². The third-order valence-electron chi connectivity index (χ3n) is 6.70. The fourth-order valence-electron chi connectivity index (χ4n) is 5.24. The lowest BCUT2D eigenvalue weighted by atomic mass is 9.92. The van der Waals surface area contributed by atoms with E-state index in [1.54, 1.807) is 11.3 Å². The second-order valence-electron chi connectivity index (χ2n) is 9.52. The number of carbonyl (C=O) groups excluding carboxylic acids is 2. The van der Waals surface area contributed by atoms with Gasteiger partial charge in [0.05, 0.1) is 18.7 Å². The van der Waals surface area contributed by atoms with Gasteiger partial charge in [0.25, 0.3) is 0 Å². The smallest absolute Gasteiger partial charge is 0.239 e. The molecule has 7 nitrogen and oxygen atoms in total. The van der Waals surface area contributed by atoms with Gasteiger partial charge in [0.1, 0.15) is 11.1 Å². The Morgan fingerprint density at radius 2 is 1.71 bits per heavy atom. The number of nitrogens with one attached hydrogen (secondary N) is 1. The molecule has 31 heavy (non-hydrogen) atoms. The number of fused-ring (bicyclic) bond motifs is 1. The molecule has 0 spiro atoms. The summed E-state index contributed by atoms with van der Waals surface area (Å²) in [6.45, 7) is 10.2. The van der Waals surface area contributed by atoms with Gasteiger partial charge in [-0.05, 0) is 43.1 Å². The van der Waals surface area contributed by atoms with Crippen LogP contribution >= 0.6 is 11.3 Å². The van der Waals surface area contributed by atoms with Crippen LogP contribution in [0.25, 0.3) is 0 Å². The van der Waals surface area contributed by atoms with E-state index in [9.17, 15) is 14.9 Å². The van der Waals surface area contributed by atoms with Crippen molar-refractivity contribution in [3.8, 4) is 6.07 Å². The third kappa shape index (κ3) is 5.28. The summed E-state index contributed by atoms with van der Waals surface area (Å²) in [4.78, 5) is 32.9. The van der Waals surface area contributed by atoms with Crippen LogP contribution in [0.5, 0.6) is 0 Å². The van der Waals surface area contributed by atoms with Gasteiger partial charge < -0.3 is 10.2 Å². The van der Waals surface area contributed by atoms with Crippen molar-refractivity contribution < 1.29 is 9.59 Å². The van der Waals surface area contributed by atoms with Gasteiger partial charge in [-0.3, -0.25) is 19.4 Å². The number of nitriles is 1. The van der Waals surface area contributed by atoms with Gasteiger partial charge >= 0.3 is 0 Å². The van der Waals surface area contributed by atoms with Crippen LogP contribution < -0.4 is 5.32 Å². The molecule has 0 saturated carbocycles. The van der Waals surface area contributed by atoms with Gasteiger partial charge in [-0.2, -0.15) is 5.26 Å². The minimum absolute atomic E-state index is 0.0581. The second kappa shape index (κ2) is 9.68. The molecular weight excluding hydrogens is 410 g/mol. The number of likely N-dealkylation sites (tertiary alicyclic amines) is 1. The number of aryl methyl sites for hydroxylation is 1. The highest BCUT2D eigenvalue weighted by molar-refractivity contribution is 7.16. The number of nitrogens with zero attached hydrogens (tertiary/aromatic N) is 4. The van der Waals surface area contributed by atoms with Crippen LogP contribution in [0.3, 0.4) is 0 Å². The van der Waals surface area contributed by atoms with E-state index >= 15 is 0 Å². The average Bonchev–Trinajstić information content (AvgIpc) is 3.29. The Hall–Kier alpha value is -1.95. The molecule has 0 bridgehead atoms. The summed E-state index contributed by atoms with van der Waals surface area (Å²) in [6, 6.07) is 2.28. The van der Waals surface area contributed by atoms with E-state index in [0.29, 0.717) is 35.5 Å². The zero-order valence-electron chi connectivity index (χ0n) is 18.7. The largest absolute Gasteiger partial charge is 0.341 e. The minimum Gasteiger partial charge on any atom is -0.341 e. The van der Waals surface area contributed by atoms with Crippen LogP contribution in [0.1, 0.15) is 42.7 Å². The first-order chi connectivity index (χ1) is 14.9. The average molecular weight is 444 g/mol. The number of piperazine rings is 1. The maximum atomic E-state index is 12.7. The quantitative estimate of drug-likeness (QED) is 0.755. The molecule has 168 valence electrons. The Bertz CT molecular complexity index is 858. The van der Waals surface area contributed by atoms with E-state index in [-0.39, 0.29) is 11.8 Å². The minimum atomic E-state index is -0.0581. The number of piperidine rings is 1. The van der Waals surface area contributed by atoms with Gasteiger partial charge in [0.2, 0.25) is 11.8 Å². The monoisotopic (exact) mass is 443 g/mol. The van der Waals surface area contributed by atoms with E-state index in [4.69, 9.17) is 0 Å². The topological polar surface area (TPSA) is 79.7 Å². The van der Waals surface area contributed by atoms with Crippen LogP contribution in [0.2, 0.25) is 0 Å². The fraction of sp³-hybridized carbons (Fsp3) is 0.696. The fourth-order valence-corrected chi connectivity index (χ4v) is 6.50. The van der Waals surface area contributed by atoms with Gasteiger partial charge in [-0.1, -0.05) is 13.8 Å². The molecule has 2 amide bonds. The van der Waals surface area contributed by atoms with Crippen molar-refractivity contribution >= 4 is 28.2 Å². The predicted molar refractivity (Wildman–Crippen MR) is 122 cm³/mol. The highest BCUT2D eigenvalue weighted by Gasteiger charge is 2.28. The molecule has 1 aliphatic carbocycles. The zero-order valence-corrected chi connectivity index (χ0v) is 19.5. The summed E-state index contributed by atoms with van der Waals surface area (Å²) in [5, 5.41) is 13.2. The second-order valence-corrected chi connectivity index (χ2v) is 10.6. The Morgan fingerprint density at radius 1 is 1.06 bits per heavy atom. The van der Waals surface area contributed by atoms with Crippen molar-refractivity contribution in [2.45, 2.75) is 39.5 Å². The number of thiophene rings is 1. The Balaban J connectivity index is 1.22. The van der Waals surface area contributed by atoms with Crippen molar-refractivity contribution in [2.24, 2.45) is 11.8 Å². The van der Waals surface area contributed by atoms with Crippen LogP contribution in [-0.2, 0) is 22.4 Å². The normalized spacial score (nSPS) is 24.6. The lowest BCUT2D eigenvalue weighted by molar-refractivity contribution is -0.135. The molecule has 2 atom stereocenters. The van der Waals surface area contributed by atoms with Crippen LogP contribution in [-0.4, -0.2) is 78.9 Å². The van der Waals surface area contributed by atoms with Gasteiger partial charge in [0.15, 0.2) is 0 Å². The standard InChI is InChI=1S/C23H33N5O2S/c1-16-10-17(2)13-28(12-16)22(30)15-27-8-6-26(7-9-27)14-21(29)25-23-19(11-24)18-4-3-5-20(18)31-23/h16-17H,3-10,12-15H2,1-2H3,(H,25,29)/t16-,17+. The summed E-state index contributed by atoms with van der Waals surface area (Å²) in [7, 11) is 0. The summed E-state index contributed by atoms with van der Waals surface area (Å²) in [5.74, 6) is 1.33. The number of carbonyl (C=O) groups is 2. The van der Waals surface area contributed by atoms with Crippen molar-refractivity contribution in [3.63, 3.8) is 0 Å². The molecule has 8 heteroatoms. The van der Waals surface area contributed by atoms with Gasteiger partial charge in [-0.25, -0.2) is 0 Å². The number of hydrogen-bond acceptors (Lipinski definition) is 6. The van der Waals surface area contributed by atoms with E-state index in [1.807, 2.05) is 4.90 Å². The van der Waals surface area contributed by atoms with E-state index in [2.05, 4.69) is 35.0 Å².